The number of rotatable bonds is 5. The van der Waals surface area contributed by atoms with E-state index in [0.717, 1.165) is 25.1 Å². The first-order valence-corrected chi connectivity index (χ1v) is 9.04. The highest BCUT2D eigenvalue weighted by molar-refractivity contribution is 5.71. The molecule has 0 saturated heterocycles. The predicted molar refractivity (Wildman–Crippen MR) is 105 cm³/mol. The fourth-order valence-corrected chi connectivity index (χ4v) is 3.30. The van der Waals surface area contributed by atoms with Gasteiger partial charge in [-0.05, 0) is 53.4 Å². The summed E-state index contributed by atoms with van der Waals surface area (Å²) < 4.78 is 5.43. The van der Waals surface area contributed by atoms with E-state index in [1.165, 1.54) is 16.8 Å². The average molecular weight is 359 g/mol. The SMILES string of the molecule is O=C(NCc1ccncc1)Oc1ccc2c(c1)CCN2Cc1ccccc1. The number of hydrogen-bond donors (Lipinski definition) is 1. The van der Waals surface area contributed by atoms with Gasteiger partial charge in [-0.3, -0.25) is 4.98 Å². The zero-order valence-electron chi connectivity index (χ0n) is 15.0. The summed E-state index contributed by atoms with van der Waals surface area (Å²) in [6.07, 6.45) is 3.90. The lowest BCUT2D eigenvalue weighted by molar-refractivity contribution is 0.200. The number of amides is 1. The van der Waals surface area contributed by atoms with Gasteiger partial charge in [0.25, 0.3) is 0 Å². The summed E-state index contributed by atoms with van der Waals surface area (Å²) in [5.41, 5.74) is 4.70. The number of nitrogens with zero attached hydrogens (tertiary/aromatic N) is 2. The molecule has 2 heterocycles. The first kappa shape index (κ1) is 17.1. The maximum absolute atomic E-state index is 12.0. The molecule has 5 heteroatoms. The molecule has 5 nitrogen and oxygen atoms in total. The molecular weight excluding hydrogens is 338 g/mol. The summed E-state index contributed by atoms with van der Waals surface area (Å²) in [6.45, 7) is 2.28. The Morgan fingerprint density at radius 1 is 1.04 bits per heavy atom. The number of carbonyl (C=O) groups excluding carboxylic acids is 1. The van der Waals surface area contributed by atoms with Gasteiger partial charge in [0, 0.05) is 37.7 Å². The molecule has 0 radical (unpaired) electrons. The molecule has 4 rings (SSSR count). The normalized spacial score (nSPS) is 12.5. The topological polar surface area (TPSA) is 54.5 Å². The summed E-state index contributed by atoms with van der Waals surface area (Å²) >= 11 is 0. The predicted octanol–water partition coefficient (Wildman–Crippen LogP) is 3.93. The van der Waals surface area contributed by atoms with Crippen molar-refractivity contribution in [3.8, 4) is 5.75 Å². The number of ether oxygens (including phenoxy) is 1. The van der Waals surface area contributed by atoms with Crippen LogP contribution in [0.4, 0.5) is 10.5 Å². The molecule has 0 unspecified atom stereocenters. The average Bonchev–Trinajstić information content (AvgIpc) is 3.10. The number of carbonyl (C=O) groups is 1. The molecule has 1 aliphatic heterocycles. The van der Waals surface area contributed by atoms with Crippen LogP contribution in [0, 0.1) is 0 Å². The van der Waals surface area contributed by atoms with Gasteiger partial charge >= 0.3 is 6.09 Å². The molecule has 0 bridgehead atoms. The summed E-state index contributed by atoms with van der Waals surface area (Å²) in [5, 5.41) is 2.76. The van der Waals surface area contributed by atoms with E-state index >= 15 is 0 Å². The van der Waals surface area contributed by atoms with Crippen LogP contribution in [0.1, 0.15) is 16.7 Å². The zero-order chi connectivity index (χ0) is 18.5. The Morgan fingerprint density at radius 3 is 2.67 bits per heavy atom. The van der Waals surface area contributed by atoms with Crippen LogP contribution in [-0.2, 0) is 19.5 Å². The smallest absolute Gasteiger partial charge is 0.410 e. The van der Waals surface area contributed by atoms with Gasteiger partial charge in [-0.25, -0.2) is 4.79 Å². The second-order valence-electron chi connectivity index (χ2n) is 6.55. The van der Waals surface area contributed by atoms with Gasteiger partial charge in [0.15, 0.2) is 0 Å². The van der Waals surface area contributed by atoms with Crippen LogP contribution in [0.25, 0.3) is 0 Å². The first-order valence-electron chi connectivity index (χ1n) is 9.04. The molecule has 3 aromatic rings. The fraction of sp³-hybridized carbons (Fsp3) is 0.182. The minimum Gasteiger partial charge on any atom is -0.410 e. The van der Waals surface area contributed by atoms with Gasteiger partial charge in [-0.1, -0.05) is 30.3 Å². The van der Waals surface area contributed by atoms with Gasteiger partial charge in [0.2, 0.25) is 0 Å². The third-order valence-corrected chi connectivity index (χ3v) is 4.66. The molecule has 2 aromatic carbocycles. The van der Waals surface area contributed by atoms with Crippen LogP contribution in [0.15, 0.2) is 73.1 Å². The van der Waals surface area contributed by atoms with Gasteiger partial charge in [0.1, 0.15) is 5.75 Å². The minimum atomic E-state index is -0.453. The van der Waals surface area contributed by atoms with E-state index in [-0.39, 0.29) is 0 Å². The fourth-order valence-electron chi connectivity index (χ4n) is 3.30. The van der Waals surface area contributed by atoms with Crippen LogP contribution in [-0.4, -0.2) is 17.6 Å². The van der Waals surface area contributed by atoms with E-state index in [2.05, 4.69) is 39.5 Å². The molecule has 0 atom stereocenters. The third-order valence-electron chi connectivity index (χ3n) is 4.66. The van der Waals surface area contributed by atoms with Crippen LogP contribution in [0.3, 0.4) is 0 Å². The number of nitrogens with one attached hydrogen (secondary N) is 1. The molecule has 0 spiro atoms. The molecule has 136 valence electrons. The maximum atomic E-state index is 12.0. The van der Waals surface area contributed by atoms with Crippen molar-refractivity contribution in [3.05, 3.63) is 89.7 Å². The van der Waals surface area contributed by atoms with Gasteiger partial charge < -0.3 is 15.0 Å². The van der Waals surface area contributed by atoms with Crippen molar-refractivity contribution in [2.75, 3.05) is 11.4 Å². The van der Waals surface area contributed by atoms with E-state index < -0.39 is 6.09 Å². The Morgan fingerprint density at radius 2 is 1.85 bits per heavy atom. The lowest BCUT2D eigenvalue weighted by Crippen LogP contribution is -2.26. The molecule has 0 aliphatic carbocycles. The van der Waals surface area contributed by atoms with Crippen LogP contribution >= 0.6 is 0 Å². The van der Waals surface area contributed by atoms with E-state index in [1.54, 1.807) is 12.4 Å². The highest BCUT2D eigenvalue weighted by Gasteiger charge is 2.20. The molecule has 1 amide bonds. The molecular formula is C22H21N3O2. The third kappa shape index (κ3) is 4.26. The van der Waals surface area contributed by atoms with Crippen LogP contribution < -0.4 is 15.0 Å². The number of pyridine rings is 1. The van der Waals surface area contributed by atoms with Gasteiger partial charge in [-0.15, -0.1) is 0 Å². The van der Waals surface area contributed by atoms with E-state index in [1.807, 2.05) is 36.4 Å². The van der Waals surface area contributed by atoms with E-state index in [4.69, 9.17) is 4.74 Å². The Hall–Kier alpha value is -3.34. The molecule has 1 aliphatic rings. The van der Waals surface area contributed by atoms with Crippen molar-refractivity contribution in [2.45, 2.75) is 19.5 Å². The summed E-state index contributed by atoms with van der Waals surface area (Å²) in [7, 11) is 0. The second kappa shape index (κ2) is 7.91. The van der Waals surface area contributed by atoms with Crippen molar-refractivity contribution in [2.24, 2.45) is 0 Å². The summed E-state index contributed by atoms with van der Waals surface area (Å²) in [6, 6.07) is 20.0. The second-order valence-corrected chi connectivity index (χ2v) is 6.55. The number of benzene rings is 2. The Kier molecular flexibility index (Phi) is 5.01. The molecule has 27 heavy (non-hydrogen) atoms. The maximum Gasteiger partial charge on any atom is 0.412 e. The molecule has 1 N–H and O–H groups in total. The van der Waals surface area contributed by atoms with Crippen LogP contribution in [0.2, 0.25) is 0 Å². The van der Waals surface area contributed by atoms with Crippen molar-refractivity contribution in [3.63, 3.8) is 0 Å². The number of fused-ring (bicyclic) bond motifs is 1. The van der Waals surface area contributed by atoms with Crippen molar-refractivity contribution >= 4 is 11.8 Å². The van der Waals surface area contributed by atoms with E-state index in [9.17, 15) is 4.79 Å². The quantitative estimate of drug-likeness (QED) is 0.750. The van der Waals surface area contributed by atoms with Crippen LogP contribution in [0.5, 0.6) is 5.75 Å². The molecule has 1 aromatic heterocycles. The number of aromatic nitrogens is 1. The van der Waals surface area contributed by atoms with Crippen molar-refractivity contribution in [1.82, 2.24) is 10.3 Å². The molecule has 0 saturated carbocycles. The highest BCUT2D eigenvalue weighted by atomic mass is 16.6. The lowest BCUT2D eigenvalue weighted by Gasteiger charge is -2.19. The number of hydrogen-bond acceptors (Lipinski definition) is 4. The Balaban J connectivity index is 1.36. The van der Waals surface area contributed by atoms with E-state index in [0.29, 0.717) is 12.3 Å². The van der Waals surface area contributed by atoms with Gasteiger partial charge in [-0.2, -0.15) is 0 Å². The van der Waals surface area contributed by atoms with Crippen molar-refractivity contribution < 1.29 is 9.53 Å². The standard InChI is InChI=1S/C22H21N3O2/c26-22(24-15-17-8-11-23-12-9-17)27-20-6-7-21-19(14-20)10-13-25(21)16-18-4-2-1-3-5-18/h1-9,11-12,14H,10,13,15-16H2,(H,24,26). The number of anilines is 1. The van der Waals surface area contributed by atoms with Crippen molar-refractivity contribution in [1.29, 1.82) is 0 Å². The lowest BCUT2D eigenvalue weighted by atomic mass is 10.1. The Labute approximate surface area is 158 Å². The minimum absolute atomic E-state index is 0.414. The largest absolute Gasteiger partial charge is 0.412 e. The van der Waals surface area contributed by atoms with Gasteiger partial charge in [0.05, 0.1) is 0 Å². The highest BCUT2D eigenvalue weighted by Crippen LogP contribution is 2.32. The monoisotopic (exact) mass is 359 g/mol. The Bertz CT molecular complexity index is 913. The zero-order valence-corrected chi connectivity index (χ0v) is 15.0. The summed E-state index contributed by atoms with van der Waals surface area (Å²) in [4.78, 5) is 18.3. The first-order chi connectivity index (χ1) is 13.3. The summed E-state index contributed by atoms with van der Waals surface area (Å²) in [5.74, 6) is 0.572. The molecule has 0 fully saturated rings.